The van der Waals surface area contributed by atoms with Crippen LogP contribution in [0.2, 0.25) is 0 Å². The number of aliphatic carboxylic acids is 1. The number of carbonyl (C=O) groups excluding carboxylic acids is 1. The Morgan fingerprint density at radius 3 is 2.48 bits per heavy atom. The minimum atomic E-state index is -1.63. The number of ether oxygens (including phenoxy) is 1. The normalized spacial score (nSPS) is 15.0. The van der Waals surface area contributed by atoms with Crippen molar-refractivity contribution in [3.63, 3.8) is 0 Å². The SMILES string of the molecule is CCOC(=O)C(CC(C)CC)(C(=O)O)c1cccc(C)c1. The molecule has 4 heteroatoms. The van der Waals surface area contributed by atoms with Gasteiger partial charge < -0.3 is 9.84 Å². The van der Waals surface area contributed by atoms with Crippen molar-refractivity contribution in [1.29, 1.82) is 0 Å². The zero-order valence-corrected chi connectivity index (χ0v) is 13.2. The lowest BCUT2D eigenvalue weighted by molar-refractivity contribution is -0.162. The molecule has 0 bridgehead atoms. The van der Waals surface area contributed by atoms with E-state index in [0.29, 0.717) is 5.56 Å². The molecule has 1 N–H and O–H groups in total. The first-order valence-electron chi connectivity index (χ1n) is 7.36. The Kier molecular flexibility index (Phi) is 5.94. The number of esters is 1. The highest BCUT2D eigenvalue weighted by molar-refractivity contribution is 6.05. The van der Waals surface area contributed by atoms with Crippen LogP contribution in [0.1, 0.15) is 44.7 Å². The molecule has 0 saturated heterocycles. The monoisotopic (exact) mass is 292 g/mol. The molecule has 0 amide bonds. The van der Waals surface area contributed by atoms with E-state index in [-0.39, 0.29) is 18.9 Å². The van der Waals surface area contributed by atoms with Crippen LogP contribution in [0.25, 0.3) is 0 Å². The van der Waals surface area contributed by atoms with Crippen LogP contribution in [0.4, 0.5) is 0 Å². The number of aryl methyl sites for hydroxylation is 1. The number of carbonyl (C=O) groups is 2. The molecule has 0 spiro atoms. The lowest BCUT2D eigenvalue weighted by atomic mass is 9.73. The van der Waals surface area contributed by atoms with Gasteiger partial charge in [-0.1, -0.05) is 50.1 Å². The van der Waals surface area contributed by atoms with Crippen LogP contribution in [0.5, 0.6) is 0 Å². The summed E-state index contributed by atoms with van der Waals surface area (Å²) in [5.74, 6) is -1.72. The van der Waals surface area contributed by atoms with Crippen LogP contribution < -0.4 is 0 Å². The van der Waals surface area contributed by atoms with Crippen molar-refractivity contribution in [2.75, 3.05) is 6.61 Å². The van der Waals surface area contributed by atoms with Crippen LogP contribution in [0.15, 0.2) is 24.3 Å². The Morgan fingerprint density at radius 2 is 2.00 bits per heavy atom. The molecule has 21 heavy (non-hydrogen) atoms. The van der Waals surface area contributed by atoms with Crippen molar-refractivity contribution in [3.8, 4) is 0 Å². The van der Waals surface area contributed by atoms with Crippen molar-refractivity contribution in [1.82, 2.24) is 0 Å². The fourth-order valence-corrected chi connectivity index (χ4v) is 2.45. The van der Waals surface area contributed by atoms with Gasteiger partial charge in [0.15, 0.2) is 5.41 Å². The predicted molar refractivity (Wildman–Crippen MR) is 81.2 cm³/mol. The smallest absolute Gasteiger partial charge is 0.328 e. The van der Waals surface area contributed by atoms with E-state index in [1.165, 1.54) is 0 Å². The molecule has 2 atom stereocenters. The second-order valence-electron chi connectivity index (χ2n) is 5.52. The molecular weight excluding hydrogens is 268 g/mol. The minimum absolute atomic E-state index is 0.103. The van der Waals surface area contributed by atoms with E-state index in [9.17, 15) is 14.7 Å². The lowest BCUT2D eigenvalue weighted by Crippen LogP contribution is -2.46. The first-order valence-corrected chi connectivity index (χ1v) is 7.36. The molecule has 4 nitrogen and oxygen atoms in total. The molecule has 0 radical (unpaired) electrons. The van der Waals surface area contributed by atoms with E-state index in [2.05, 4.69) is 0 Å². The molecule has 0 aliphatic rings. The van der Waals surface area contributed by atoms with Crippen LogP contribution in [-0.4, -0.2) is 23.7 Å². The molecule has 0 heterocycles. The molecule has 2 unspecified atom stereocenters. The summed E-state index contributed by atoms with van der Waals surface area (Å²) in [7, 11) is 0. The summed E-state index contributed by atoms with van der Waals surface area (Å²) < 4.78 is 5.09. The Hall–Kier alpha value is -1.84. The summed E-state index contributed by atoms with van der Waals surface area (Å²) in [6.07, 6.45) is 1.04. The fourth-order valence-electron chi connectivity index (χ4n) is 2.45. The summed E-state index contributed by atoms with van der Waals surface area (Å²) in [5, 5.41) is 9.81. The van der Waals surface area contributed by atoms with Gasteiger partial charge in [-0.15, -0.1) is 0 Å². The number of hydrogen-bond donors (Lipinski definition) is 1. The third kappa shape index (κ3) is 3.63. The van der Waals surface area contributed by atoms with Crippen molar-refractivity contribution in [2.45, 2.75) is 46.0 Å². The van der Waals surface area contributed by atoms with Gasteiger partial charge in [0.1, 0.15) is 0 Å². The third-order valence-corrected chi connectivity index (χ3v) is 3.85. The molecule has 0 aromatic heterocycles. The number of rotatable bonds is 7. The van der Waals surface area contributed by atoms with Gasteiger partial charge in [0.05, 0.1) is 6.61 Å². The number of benzene rings is 1. The summed E-state index contributed by atoms with van der Waals surface area (Å²) >= 11 is 0. The van der Waals surface area contributed by atoms with Crippen LogP contribution in [0, 0.1) is 12.8 Å². The second kappa shape index (κ2) is 7.25. The van der Waals surface area contributed by atoms with Crippen LogP contribution in [0.3, 0.4) is 0 Å². The van der Waals surface area contributed by atoms with E-state index >= 15 is 0 Å². The Labute approximate surface area is 126 Å². The van der Waals surface area contributed by atoms with Gasteiger partial charge in [-0.25, -0.2) is 0 Å². The molecular formula is C17H24O4. The van der Waals surface area contributed by atoms with Gasteiger partial charge in [0.2, 0.25) is 0 Å². The molecule has 0 aliphatic heterocycles. The predicted octanol–water partition coefficient (Wildman–Crippen LogP) is 3.32. The molecule has 1 aromatic carbocycles. The zero-order valence-electron chi connectivity index (χ0n) is 13.2. The van der Waals surface area contributed by atoms with E-state index in [4.69, 9.17) is 4.74 Å². The Bertz CT molecular complexity index is 509. The molecule has 0 saturated carbocycles. The average Bonchev–Trinajstić information content (AvgIpc) is 2.44. The maximum Gasteiger partial charge on any atom is 0.328 e. The summed E-state index contributed by atoms with van der Waals surface area (Å²) in [6, 6.07) is 7.11. The Balaban J connectivity index is 3.43. The van der Waals surface area contributed by atoms with Gasteiger partial charge in [0.25, 0.3) is 0 Å². The Morgan fingerprint density at radius 1 is 1.33 bits per heavy atom. The molecule has 1 aromatic rings. The molecule has 116 valence electrons. The first kappa shape index (κ1) is 17.2. The standard InChI is InChI=1S/C17H24O4/c1-5-12(3)11-17(15(18)19,16(20)21-6-2)14-9-7-8-13(4)10-14/h7-10,12H,5-6,11H2,1-4H3,(H,18,19). The van der Waals surface area contributed by atoms with Crippen molar-refractivity contribution < 1.29 is 19.4 Å². The number of carboxylic acids is 1. The van der Waals surface area contributed by atoms with Gasteiger partial charge in [0, 0.05) is 0 Å². The van der Waals surface area contributed by atoms with Crippen molar-refractivity contribution in [3.05, 3.63) is 35.4 Å². The van der Waals surface area contributed by atoms with E-state index in [1.54, 1.807) is 25.1 Å². The highest BCUT2D eigenvalue weighted by Crippen LogP contribution is 2.35. The molecule has 0 fully saturated rings. The summed E-state index contributed by atoms with van der Waals surface area (Å²) in [6.45, 7) is 7.67. The maximum absolute atomic E-state index is 12.5. The van der Waals surface area contributed by atoms with Crippen LogP contribution in [-0.2, 0) is 19.7 Å². The van der Waals surface area contributed by atoms with Crippen molar-refractivity contribution in [2.24, 2.45) is 5.92 Å². The third-order valence-electron chi connectivity index (χ3n) is 3.85. The first-order chi connectivity index (χ1) is 9.88. The second-order valence-corrected chi connectivity index (χ2v) is 5.52. The zero-order chi connectivity index (χ0) is 16.0. The largest absolute Gasteiger partial charge is 0.480 e. The quantitative estimate of drug-likeness (QED) is 0.618. The summed E-state index contributed by atoms with van der Waals surface area (Å²) in [5.41, 5.74) is -0.211. The van der Waals surface area contributed by atoms with E-state index in [0.717, 1.165) is 12.0 Å². The number of hydrogen-bond acceptors (Lipinski definition) is 3. The fraction of sp³-hybridized carbons (Fsp3) is 0.529. The van der Waals surface area contributed by atoms with Gasteiger partial charge >= 0.3 is 11.9 Å². The van der Waals surface area contributed by atoms with E-state index < -0.39 is 17.4 Å². The van der Waals surface area contributed by atoms with Crippen molar-refractivity contribution >= 4 is 11.9 Å². The van der Waals surface area contributed by atoms with Gasteiger partial charge in [-0.05, 0) is 31.7 Å². The van der Waals surface area contributed by atoms with Gasteiger partial charge in [-0.2, -0.15) is 0 Å². The van der Waals surface area contributed by atoms with Gasteiger partial charge in [-0.3, -0.25) is 9.59 Å². The summed E-state index contributed by atoms with van der Waals surface area (Å²) in [4.78, 5) is 24.5. The topological polar surface area (TPSA) is 63.6 Å². The molecule has 0 aliphatic carbocycles. The molecule has 1 rings (SSSR count). The minimum Gasteiger partial charge on any atom is -0.480 e. The lowest BCUT2D eigenvalue weighted by Gasteiger charge is -2.30. The highest BCUT2D eigenvalue weighted by atomic mass is 16.5. The maximum atomic E-state index is 12.5. The highest BCUT2D eigenvalue weighted by Gasteiger charge is 2.50. The average molecular weight is 292 g/mol. The van der Waals surface area contributed by atoms with E-state index in [1.807, 2.05) is 26.8 Å². The number of carboxylic acid groups (broad SMARTS) is 1. The van der Waals surface area contributed by atoms with Crippen LogP contribution >= 0.6 is 0 Å².